The van der Waals surface area contributed by atoms with Crippen molar-refractivity contribution in [3.05, 3.63) is 45.0 Å². The SMILES string of the molecule is CCNC(c1ccc(Br)o1)c1cccs1. The highest BCUT2D eigenvalue weighted by atomic mass is 79.9. The normalized spacial score (nSPS) is 12.9. The van der Waals surface area contributed by atoms with Crippen LogP contribution in [-0.4, -0.2) is 6.54 Å². The molecule has 0 aliphatic heterocycles. The van der Waals surface area contributed by atoms with E-state index in [1.165, 1.54) is 4.88 Å². The predicted octanol–water partition coefficient (Wildman–Crippen LogP) is 3.80. The van der Waals surface area contributed by atoms with E-state index in [1.807, 2.05) is 12.1 Å². The van der Waals surface area contributed by atoms with Gasteiger partial charge in [0.2, 0.25) is 0 Å². The molecule has 2 aromatic heterocycles. The number of nitrogens with one attached hydrogen (secondary N) is 1. The van der Waals surface area contributed by atoms with E-state index in [2.05, 4.69) is 45.7 Å². The summed E-state index contributed by atoms with van der Waals surface area (Å²) in [6.45, 7) is 3.01. The molecule has 0 aromatic carbocycles. The van der Waals surface area contributed by atoms with E-state index in [9.17, 15) is 0 Å². The molecular weight excluding hydrogens is 274 g/mol. The van der Waals surface area contributed by atoms with Gasteiger partial charge in [-0.15, -0.1) is 11.3 Å². The molecule has 2 nitrogen and oxygen atoms in total. The third kappa shape index (κ3) is 2.51. The van der Waals surface area contributed by atoms with E-state index in [-0.39, 0.29) is 6.04 Å². The Bertz CT molecular complexity index is 410. The van der Waals surface area contributed by atoms with Gasteiger partial charge in [-0.25, -0.2) is 0 Å². The van der Waals surface area contributed by atoms with Crippen LogP contribution in [0.3, 0.4) is 0 Å². The van der Waals surface area contributed by atoms with E-state index in [0.717, 1.165) is 17.0 Å². The molecule has 0 fully saturated rings. The van der Waals surface area contributed by atoms with Gasteiger partial charge in [-0.05, 0) is 46.1 Å². The molecule has 2 heterocycles. The largest absolute Gasteiger partial charge is 0.452 e. The van der Waals surface area contributed by atoms with Crippen LogP contribution in [0.15, 0.2) is 38.7 Å². The number of halogens is 1. The fourth-order valence-electron chi connectivity index (χ4n) is 1.48. The Kier molecular flexibility index (Phi) is 3.61. The Morgan fingerprint density at radius 2 is 2.33 bits per heavy atom. The first kappa shape index (κ1) is 10.9. The van der Waals surface area contributed by atoms with Crippen LogP contribution in [0.1, 0.15) is 23.6 Å². The minimum atomic E-state index is 0.168. The molecule has 15 heavy (non-hydrogen) atoms. The van der Waals surface area contributed by atoms with Gasteiger partial charge in [-0.1, -0.05) is 13.0 Å². The topological polar surface area (TPSA) is 25.2 Å². The summed E-state index contributed by atoms with van der Waals surface area (Å²) in [5.41, 5.74) is 0. The van der Waals surface area contributed by atoms with Gasteiger partial charge < -0.3 is 9.73 Å². The van der Waals surface area contributed by atoms with Crippen LogP contribution in [0.5, 0.6) is 0 Å². The van der Waals surface area contributed by atoms with Gasteiger partial charge in [0.1, 0.15) is 11.8 Å². The first-order valence-corrected chi connectivity index (χ1v) is 6.50. The van der Waals surface area contributed by atoms with Crippen LogP contribution in [0.25, 0.3) is 0 Å². The molecule has 0 aliphatic carbocycles. The van der Waals surface area contributed by atoms with Crippen molar-refractivity contribution in [2.45, 2.75) is 13.0 Å². The minimum Gasteiger partial charge on any atom is -0.452 e. The third-order valence-electron chi connectivity index (χ3n) is 2.11. The molecular formula is C11H12BrNOS. The number of thiophene rings is 1. The van der Waals surface area contributed by atoms with E-state index in [0.29, 0.717) is 0 Å². The monoisotopic (exact) mass is 285 g/mol. The predicted molar refractivity (Wildman–Crippen MR) is 66.2 cm³/mol. The minimum absolute atomic E-state index is 0.168. The lowest BCUT2D eigenvalue weighted by Crippen LogP contribution is -2.20. The molecule has 0 saturated heterocycles. The van der Waals surface area contributed by atoms with Crippen LogP contribution in [0, 0.1) is 0 Å². The number of hydrogen-bond acceptors (Lipinski definition) is 3. The molecule has 0 radical (unpaired) electrons. The van der Waals surface area contributed by atoms with Gasteiger partial charge in [0.05, 0.1) is 0 Å². The summed E-state index contributed by atoms with van der Waals surface area (Å²) in [7, 11) is 0. The second-order valence-electron chi connectivity index (χ2n) is 3.15. The van der Waals surface area contributed by atoms with E-state index >= 15 is 0 Å². The van der Waals surface area contributed by atoms with Gasteiger partial charge in [0.15, 0.2) is 4.67 Å². The van der Waals surface area contributed by atoms with Crippen LogP contribution >= 0.6 is 27.3 Å². The van der Waals surface area contributed by atoms with Crippen LogP contribution < -0.4 is 5.32 Å². The van der Waals surface area contributed by atoms with Gasteiger partial charge in [-0.2, -0.15) is 0 Å². The first-order chi connectivity index (χ1) is 7.31. The maximum absolute atomic E-state index is 5.58. The fraction of sp³-hybridized carbons (Fsp3) is 0.273. The number of furan rings is 1. The van der Waals surface area contributed by atoms with E-state index < -0.39 is 0 Å². The second kappa shape index (κ2) is 4.96. The van der Waals surface area contributed by atoms with Crippen molar-refractivity contribution in [2.24, 2.45) is 0 Å². The van der Waals surface area contributed by atoms with Crippen molar-refractivity contribution in [1.82, 2.24) is 5.32 Å². The Labute approximate surface area is 101 Å². The van der Waals surface area contributed by atoms with Gasteiger partial charge in [-0.3, -0.25) is 0 Å². The average Bonchev–Trinajstić information content (AvgIpc) is 2.85. The molecule has 0 amide bonds. The summed E-state index contributed by atoms with van der Waals surface area (Å²) < 4.78 is 6.36. The Hall–Kier alpha value is -0.580. The Morgan fingerprint density at radius 3 is 2.87 bits per heavy atom. The second-order valence-corrected chi connectivity index (χ2v) is 4.91. The lowest BCUT2D eigenvalue weighted by molar-refractivity contribution is 0.440. The lowest BCUT2D eigenvalue weighted by atomic mass is 10.2. The van der Waals surface area contributed by atoms with Crippen LogP contribution in [0.2, 0.25) is 0 Å². The van der Waals surface area contributed by atoms with Crippen molar-refractivity contribution < 1.29 is 4.42 Å². The summed E-state index contributed by atoms with van der Waals surface area (Å²) in [5.74, 6) is 0.950. The molecule has 0 aliphatic rings. The number of rotatable bonds is 4. The Morgan fingerprint density at radius 1 is 1.47 bits per heavy atom. The first-order valence-electron chi connectivity index (χ1n) is 4.83. The molecule has 4 heteroatoms. The molecule has 0 bridgehead atoms. The van der Waals surface area contributed by atoms with Crippen molar-refractivity contribution in [3.8, 4) is 0 Å². The standard InChI is InChI=1S/C11H12BrNOS/c1-2-13-11(9-4-3-7-15-9)8-5-6-10(12)14-8/h3-7,11,13H,2H2,1H3. The molecule has 1 N–H and O–H groups in total. The molecule has 0 saturated carbocycles. The van der Waals surface area contributed by atoms with Crippen LogP contribution in [0.4, 0.5) is 0 Å². The molecule has 1 atom stereocenters. The fourth-order valence-corrected chi connectivity index (χ4v) is 2.61. The van der Waals surface area contributed by atoms with Gasteiger partial charge in [0, 0.05) is 4.88 Å². The summed E-state index contributed by atoms with van der Waals surface area (Å²) in [4.78, 5) is 1.28. The van der Waals surface area contributed by atoms with Gasteiger partial charge in [0.25, 0.3) is 0 Å². The Balaban J connectivity index is 2.27. The molecule has 80 valence electrons. The highest BCUT2D eigenvalue weighted by Gasteiger charge is 2.17. The zero-order chi connectivity index (χ0) is 10.7. The van der Waals surface area contributed by atoms with Crippen molar-refractivity contribution in [1.29, 1.82) is 0 Å². The zero-order valence-corrected chi connectivity index (χ0v) is 10.8. The maximum atomic E-state index is 5.58. The van der Waals surface area contributed by atoms with E-state index in [1.54, 1.807) is 11.3 Å². The van der Waals surface area contributed by atoms with Crippen molar-refractivity contribution >= 4 is 27.3 Å². The quantitative estimate of drug-likeness (QED) is 0.924. The highest BCUT2D eigenvalue weighted by molar-refractivity contribution is 9.10. The smallest absolute Gasteiger partial charge is 0.169 e. The maximum Gasteiger partial charge on any atom is 0.169 e. The third-order valence-corrected chi connectivity index (χ3v) is 3.48. The molecule has 1 unspecified atom stereocenters. The van der Waals surface area contributed by atoms with Crippen molar-refractivity contribution in [2.75, 3.05) is 6.54 Å². The summed E-state index contributed by atoms with van der Waals surface area (Å²) >= 11 is 5.06. The van der Waals surface area contributed by atoms with Gasteiger partial charge >= 0.3 is 0 Å². The number of hydrogen-bond donors (Lipinski definition) is 1. The molecule has 2 aromatic rings. The average molecular weight is 286 g/mol. The molecule has 0 spiro atoms. The van der Waals surface area contributed by atoms with Crippen molar-refractivity contribution in [3.63, 3.8) is 0 Å². The van der Waals surface area contributed by atoms with E-state index in [4.69, 9.17) is 4.42 Å². The zero-order valence-electron chi connectivity index (χ0n) is 8.37. The highest BCUT2D eigenvalue weighted by Crippen LogP contribution is 2.28. The van der Waals surface area contributed by atoms with Crippen LogP contribution in [-0.2, 0) is 0 Å². The summed E-state index contributed by atoms with van der Waals surface area (Å²) in [6.07, 6.45) is 0. The summed E-state index contributed by atoms with van der Waals surface area (Å²) in [6, 6.07) is 8.27. The lowest BCUT2D eigenvalue weighted by Gasteiger charge is -2.13. The molecule has 2 rings (SSSR count). The summed E-state index contributed by atoms with van der Waals surface area (Å²) in [5, 5.41) is 5.49.